The molecule has 0 radical (unpaired) electrons. The standard InChI is InChI=1S/C9H17NO2S/c1-7(2)12-9(11)6-13-5-8-3-10-4-8/h7-8,10H,3-6H2,1-2H3. The second kappa shape index (κ2) is 5.50. The van der Waals surface area contributed by atoms with Crippen molar-refractivity contribution in [2.75, 3.05) is 24.6 Å². The Morgan fingerprint density at radius 1 is 1.62 bits per heavy atom. The Hall–Kier alpha value is -0.220. The van der Waals surface area contributed by atoms with Crippen LogP contribution in [0.15, 0.2) is 0 Å². The lowest BCUT2D eigenvalue weighted by Gasteiger charge is -2.26. The molecule has 0 saturated carbocycles. The zero-order chi connectivity index (χ0) is 9.68. The summed E-state index contributed by atoms with van der Waals surface area (Å²) in [4.78, 5) is 11.1. The Morgan fingerprint density at radius 3 is 2.77 bits per heavy atom. The number of esters is 1. The van der Waals surface area contributed by atoms with Crippen LogP contribution in [-0.2, 0) is 9.53 Å². The zero-order valence-corrected chi connectivity index (χ0v) is 9.02. The summed E-state index contributed by atoms with van der Waals surface area (Å²) in [5.74, 6) is 2.23. The largest absolute Gasteiger partial charge is 0.462 e. The maximum absolute atomic E-state index is 11.1. The predicted octanol–water partition coefficient (Wildman–Crippen LogP) is 0.891. The molecule has 4 heteroatoms. The molecule has 1 aliphatic heterocycles. The first kappa shape index (κ1) is 10.9. The smallest absolute Gasteiger partial charge is 0.316 e. The van der Waals surface area contributed by atoms with E-state index in [-0.39, 0.29) is 12.1 Å². The summed E-state index contributed by atoms with van der Waals surface area (Å²) in [5.41, 5.74) is 0. The molecule has 0 aromatic rings. The lowest BCUT2D eigenvalue weighted by atomic mass is 10.1. The van der Waals surface area contributed by atoms with Gasteiger partial charge in [-0.25, -0.2) is 0 Å². The van der Waals surface area contributed by atoms with Gasteiger partial charge in [0.05, 0.1) is 11.9 Å². The van der Waals surface area contributed by atoms with E-state index in [0.29, 0.717) is 5.75 Å². The number of hydrogen-bond donors (Lipinski definition) is 1. The Labute approximate surface area is 83.6 Å². The minimum atomic E-state index is -0.0905. The summed E-state index contributed by atoms with van der Waals surface area (Å²) < 4.78 is 5.01. The van der Waals surface area contributed by atoms with Gasteiger partial charge in [-0.15, -0.1) is 11.8 Å². The molecule has 1 fully saturated rings. The van der Waals surface area contributed by atoms with Crippen LogP contribution in [0.4, 0.5) is 0 Å². The molecule has 0 aromatic carbocycles. The van der Waals surface area contributed by atoms with Gasteiger partial charge in [0, 0.05) is 0 Å². The molecule has 0 aliphatic carbocycles. The van der Waals surface area contributed by atoms with Crippen LogP contribution >= 0.6 is 11.8 Å². The van der Waals surface area contributed by atoms with Crippen LogP contribution < -0.4 is 5.32 Å². The monoisotopic (exact) mass is 203 g/mol. The van der Waals surface area contributed by atoms with Crippen LogP contribution in [0, 0.1) is 5.92 Å². The molecule has 1 N–H and O–H groups in total. The Kier molecular flexibility index (Phi) is 4.59. The summed E-state index contributed by atoms with van der Waals surface area (Å²) in [6.45, 7) is 5.95. The van der Waals surface area contributed by atoms with Crippen molar-refractivity contribution in [3.8, 4) is 0 Å². The van der Waals surface area contributed by atoms with Gasteiger partial charge in [0.15, 0.2) is 0 Å². The highest BCUT2D eigenvalue weighted by Crippen LogP contribution is 2.12. The molecule has 0 bridgehead atoms. The normalized spacial score (nSPS) is 17.2. The van der Waals surface area contributed by atoms with Gasteiger partial charge in [-0.3, -0.25) is 4.79 Å². The molecular weight excluding hydrogens is 186 g/mol. The summed E-state index contributed by atoms with van der Waals surface area (Å²) in [5, 5.41) is 3.20. The highest BCUT2D eigenvalue weighted by molar-refractivity contribution is 7.99. The van der Waals surface area contributed by atoms with Gasteiger partial charge in [-0.05, 0) is 38.6 Å². The zero-order valence-electron chi connectivity index (χ0n) is 8.21. The van der Waals surface area contributed by atoms with Gasteiger partial charge in [-0.1, -0.05) is 0 Å². The maximum Gasteiger partial charge on any atom is 0.316 e. The van der Waals surface area contributed by atoms with Gasteiger partial charge in [0.2, 0.25) is 0 Å². The Morgan fingerprint density at radius 2 is 2.31 bits per heavy atom. The number of hydrogen-bond acceptors (Lipinski definition) is 4. The van der Waals surface area contributed by atoms with Crippen LogP contribution in [0.25, 0.3) is 0 Å². The van der Waals surface area contributed by atoms with Crippen molar-refractivity contribution in [2.45, 2.75) is 20.0 Å². The topological polar surface area (TPSA) is 38.3 Å². The van der Waals surface area contributed by atoms with E-state index in [0.717, 1.165) is 24.8 Å². The minimum absolute atomic E-state index is 0.0125. The summed E-state index contributed by atoms with van der Waals surface area (Å²) in [6, 6.07) is 0. The minimum Gasteiger partial charge on any atom is -0.462 e. The first-order chi connectivity index (χ1) is 6.18. The quantitative estimate of drug-likeness (QED) is 0.674. The van der Waals surface area contributed by atoms with Crippen LogP contribution in [0.3, 0.4) is 0 Å². The van der Waals surface area contributed by atoms with Gasteiger partial charge in [-0.2, -0.15) is 0 Å². The molecule has 1 aliphatic rings. The lowest BCUT2D eigenvalue weighted by molar-refractivity contribution is -0.144. The third kappa shape index (κ3) is 4.52. The third-order valence-electron chi connectivity index (χ3n) is 1.81. The number of rotatable bonds is 5. The van der Waals surface area contributed by atoms with Crippen molar-refractivity contribution in [3.05, 3.63) is 0 Å². The molecule has 1 heterocycles. The number of carbonyl (C=O) groups is 1. The number of thioether (sulfide) groups is 1. The van der Waals surface area contributed by atoms with Crippen molar-refractivity contribution >= 4 is 17.7 Å². The fourth-order valence-electron chi connectivity index (χ4n) is 1.07. The molecule has 1 saturated heterocycles. The highest BCUT2D eigenvalue weighted by Gasteiger charge is 2.17. The lowest BCUT2D eigenvalue weighted by Crippen LogP contribution is -2.43. The molecule has 13 heavy (non-hydrogen) atoms. The van der Waals surface area contributed by atoms with Crippen molar-refractivity contribution in [2.24, 2.45) is 5.92 Å². The molecule has 3 nitrogen and oxygen atoms in total. The average Bonchev–Trinajstić information content (AvgIpc) is 1.92. The summed E-state index contributed by atoms with van der Waals surface area (Å²) in [6.07, 6.45) is 0.0125. The second-order valence-electron chi connectivity index (χ2n) is 3.58. The number of ether oxygens (including phenoxy) is 1. The van der Waals surface area contributed by atoms with Crippen molar-refractivity contribution in [3.63, 3.8) is 0 Å². The summed E-state index contributed by atoms with van der Waals surface area (Å²) >= 11 is 1.67. The van der Waals surface area contributed by atoms with E-state index in [1.54, 1.807) is 11.8 Å². The van der Waals surface area contributed by atoms with E-state index < -0.39 is 0 Å². The van der Waals surface area contributed by atoms with Crippen LogP contribution in [0.2, 0.25) is 0 Å². The molecule has 0 atom stereocenters. The molecule has 0 aromatic heterocycles. The van der Waals surface area contributed by atoms with Crippen molar-refractivity contribution in [1.29, 1.82) is 0 Å². The molecule has 1 rings (SSSR count). The maximum atomic E-state index is 11.1. The van der Waals surface area contributed by atoms with E-state index in [1.165, 1.54) is 0 Å². The van der Waals surface area contributed by atoms with E-state index in [1.807, 2.05) is 13.8 Å². The van der Waals surface area contributed by atoms with Gasteiger partial charge in [0.25, 0.3) is 0 Å². The number of nitrogens with one attached hydrogen (secondary N) is 1. The van der Waals surface area contributed by atoms with Crippen LogP contribution in [0.1, 0.15) is 13.8 Å². The molecular formula is C9H17NO2S. The van der Waals surface area contributed by atoms with Crippen LogP contribution in [-0.4, -0.2) is 36.7 Å². The van der Waals surface area contributed by atoms with Crippen LogP contribution in [0.5, 0.6) is 0 Å². The Bertz CT molecular complexity index is 169. The average molecular weight is 203 g/mol. The van der Waals surface area contributed by atoms with Gasteiger partial charge in [0.1, 0.15) is 0 Å². The molecule has 0 unspecified atom stereocenters. The highest BCUT2D eigenvalue weighted by atomic mass is 32.2. The Balaban J connectivity index is 1.94. The molecule has 0 spiro atoms. The fourth-order valence-corrected chi connectivity index (χ4v) is 1.99. The SMILES string of the molecule is CC(C)OC(=O)CSCC1CNC1. The fraction of sp³-hybridized carbons (Fsp3) is 0.889. The van der Waals surface area contributed by atoms with Gasteiger partial charge < -0.3 is 10.1 Å². The van der Waals surface area contributed by atoms with Crippen molar-refractivity contribution in [1.82, 2.24) is 5.32 Å². The number of carbonyl (C=O) groups excluding carboxylic acids is 1. The van der Waals surface area contributed by atoms with Crippen molar-refractivity contribution < 1.29 is 9.53 Å². The van der Waals surface area contributed by atoms with E-state index in [4.69, 9.17) is 4.74 Å². The second-order valence-corrected chi connectivity index (χ2v) is 4.61. The first-order valence-corrected chi connectivity index (χ1v) is 5.82. The predicted molar refractivity (Wildman–Crippen MR) is 54.9 cm³/mol. The summed E-state index contributed by atoms with van der Waals surface area (Å²) in [7, 11) is 0. The third-order valence-corrected chi connectivity index (χ3v) is 2.95. The first-order valence-electron chi connectivity index (χ1n) is 4.66. The van der Waals surface area contributed by atoms with E-state index >= 15 is 0 Å². The van der Waals surface area contributed by atoms with E-state index in [2.05, 4.69) is 5.32 Å². The van der Waals surface area contributed by atoms with Gasteiger partial charge >= 0.3 is 5.97 Å². The van der Waals surface area contributed by atoms with E-state index in [9.17, 15) is 4.79 Å². The molecule has 76 valence electrons. The molecule has 0 amide bonds.